The first-order valence-corrected chi connectivity index (χ1v) is 10.3. The summed E-state index contributed by atoms with van der Waals surface area (Å²) >= 11 is 0. The van der Waals surface area contributed by atoms with Crippen molar-refractivity contribution >= 4 is 35.8 Å². The molecule has 2 atom stereocenters. The van der Waals surface area contributed by atoms with E-state index in [2.05, 4.69) is 9.47 Å². The number of rotatable bonds is 14. The molecule has 0 aliphatic heterocycles. The zero-order valence-electron chi connectivity index (χ0n) is 20.6. The molecule has 0 N–H and O–H groups in total. The summed E-state index contributed by atoms with van der Waals surface area (Å²) in [5, 5.41) is 0. The molecule has 0 aromatic rings. The van der Waals surface area contributed by atoms with Gasteiger partial charge < -0.3 is 32.9 Å². The summed E-state index contributed by atoms with van der Waals surface area (Å²) in [6.45, 7) is 0.493. The van der Waals surface area contributed by atoms with Crippen molar-refractivity contribution in [3.8, 4) is 0 Å². The van der Waals surface area contributed by atoms with Gasteiger partial charge in [0.15, 0.2) is 12.2 Å². The van der Waals surface area contributed by atoms with Crippen molar-refractivity contribution in [2.45, 2.75) is 25.6 Å². The predicted molar refractivity (Wildman–Crippen MR) is 117 cm³/mol. The maximum Gasteiger partial charge on any atom is 0.331 e. The number of hydrogen-bond acceptors (Lipinski definition) is 12. The third-order valence-electron chi connectivity index (χ3n) is 3.72. The molecule has 0 aromatic heterocycles. The van der Waals surface area contributed by atoms with Crippen molar-refractivity contribution in [2.75, 3.05) is 55.1 Å². The fraction of sp³-hybridized carbons (Fsp3) is 0.545. The molecule has 196 valence electrons. The minimum absolute atomic E-state index is 0.264. The van der Waals surface area contributed by atoms with E-state index in [0.29, 0.717) is 11.0 Å². The van der Waals surface area contributed by atoms with Crippen LogP contribution in [0.3, 0.4) is 0 Å². The van der Waals surface area contributed by atoms with E-state index in [1.807, 2.05) is 21.1 Å². The number of esters is 6. The third kappa shape index (κ3) is 17.4. The standard InChI is InChI=1S/C22H32NO12/c1-15(24)34-16(12-23(2,3)4)11-22(29)33-14-17(35-21(28)10-8-19(26)31-6)13-32-20(27)9-7-18(25)30-5/h7-10,16-17H,11-14H2,1-6H3/q+1/b9-7+,10-8+/t16-,17?/m1/s1. The molecule has 13 heteroatoms. The lowest BCUT2D eigenvalue weighted by molar-refractivity contribution is -0.873. The van der Waals surface area contributed by atoms with Crippen molar-refractivity contribution in [3.05, 3.63) is 24.3 Å². The van der Waals surface area contributed by atoms with Gasteiger partial charge in [-0.3, -0.25) is 9.59 Å². The highest BCUT2D eigenvalue weighted by Crippen LogP contribution is 2.08. The van der Waals surface area contributed by atoms with Crippen LogP contribution in [0.5, 0.6) is 0 Å². The Morgan fingerprint density at radius 2 is 1.17 bits per heavy atom. The molecule has 13 nitrogen and oxygen atoms in total. The van der Waals surface area contributed by atoms with Gasteiger partial charge in [-0.2, -0.15) is 0 Å². The van der Waals surface area contributed by atoms with Gasteiger partial charge in [0.05, 0.1) is 41.8 Å². The molecule has 1 unspecified atom stereocenters. The molecule has 0 aliphatic carbocycles. The minimum Gasteiger partial charge on any atom is -0.466 e. The van der Waals surface area contributed by atoms with Gasteiger partial charge in [0.25, 0.3) is 0 Å². The zero-order chi connectivity index (χ0) is 27.0. The quantitative estimate of drug-likeness (QED) is 0.130. The summed E-state index contributed by atoms with van der Waals surface area (Å²) in [6.07, 6.45) is 0.927. The third-order valence-corrected chi connectivity index (χ3v) is 3.72. The van der Waals surface area contributed by atoms with Crippen molar-refractivity contribution in [1.82, 2.24) is 0 Å². The zero-order valence-corrected chi connectivity index (χ0v) is 20.6. The molecule has 0 rings (SSSR count). The van der Waals surface area contributed by atoms with Gasteiger partial charge in [0.1, 0.15) is 19.8 Å². The number of nitrogens with zero attached hydrogens (tertiary/aromatic N) is 1. The summed E-state index contributed by atoms with van der Waals surface area (Å²) in [4.78, 5) is 69.5. The van der Waals surface area contributed by atoms with Gasteiger partial charge in [-0.05, 0) is 0 Å². The molecule has 0 bridgehead atoms. The van der Waals surface area contributed by atoms with Gasteiger partial charge in [0, 0.05) is 31.2 Å². The van der Waals surface area contributed by atoms with Crippen LogP contribution in [-0.4, -0.2) is 108 Å². The number of ether oxygens (including phenoxy) is 6. The topological polar surface area (TPSA) is 158 Å². The predicted octanol–water partition coefficient (Wildman–Crippen LogP) is -0.529. The van der Waals surface area contributed by atoms with E-state index in [-0.39, 0.29) is 6.42 Å². The smallest absolute Gasteiger partial charge is 0.331 e. The van der Waals surface area contributed by atoms with E-state index in [1.165, 1.54) is 6.92 Å². The Balaban J connectivity index is 5.16. The van der Waals surface area contributed by atoms with Gasteiger partial charge in [-0.25, -0.2) is 19.2 Å². The average molecular weight is 502 g/mol. The minimum atomic E-state index is -1.25. The SMILES string of the molecule is COC(=O)/C=C/C(=O)OCC(COC(=O)C[C@H](C[N+](C)(C)C)OC(C)=O)OC(=O)/C=C/C(=O)OC. The summed E-state index contributed by atoms with van der Waals surface area (Å²) in [6, 6.07) is 0. The summed E-state index contributed by atoms with van der Waals surface area (Å²) < 4.78 is 29.3. The Kier molecular flexibility index (Phi) is 14.3. The molecular weight excluding hydrogens is 470 g/mol. The van der Waals surface area contributed by atoms with Crippen LogP contribution in [0.2, 0.25) is 0 Å². The summed E-state index contributed by atoms with van der Waals surface area (Å²) in [5.41, 5.74) is 0. The van der Waals surface area contributed by atoms with Crippen molar-refractivity contribution in [1.29, 1.82) is 0 Å². The molecule has 35 heavy (non-hydrogen) atoms. The van der Waals surface area contributed by atoms with Crippen LogP contribution in [0.15, 0.2) is 24.3 Å². The molecule has 0 saturated heterocycles. The van der Waals surface area contributed by atoms with E-state index in [9.17, 15) is 28.8 Å². The van der Waals surface area contributed by atoms with Gasteiger partial charge in [-0.1, -0.05) is 0 Å². The lowest BCUT2D eigenvalue weighted by Crippen LogP contribution is -2.44. The maximum absolute atomic E-state index is 12.3. The van der Waals surface area contributed by atoms with E-state index < -0.39 is 61.2 Å². The fourth-order valence-corrected chi connectivity index (χ4v) is 2.37. The molecule has 0 aromatic carbocycles. The Labute approximate surface area is 203 Å². The number of methoxy groups -OCH3 is 2. The second-order valence-electron chi connectivity index (χ2n) is 7.99. The van der Waals surface area contributed by atoms with Gasteiger partial charge in [-0.15, -0.1) is 0 Å². The van der Waals surface area contributed by atoms with Crippen molar-refractivity contribution in [2.24, 2.45) is 0 Å². The van der Waals surface area contributed by atoms with E-state index >= 15 is 0 Å². The van der Waals surface area contributed by atoms with Crippen LogP contribution in [0, 0.1) is 0 Å². The van der Waals surface area contributed by atoms with Crippen LogP contribution in [0.25, 0.3) is 0 Å². The number of carbonyl (C=O) groups is 6. The average Bonchev–Trinajstić information content (AvgIpc) is 2.75. The molecule has 0 heterocycles. The Morgan fingerprint density at radius 1 is 0.686 bits per heavy atom. The molecule has 0 aliphatic rings. The Bertz CT molecular complexity index is 825. The Hall–Kier alpha value is -3.74. The largest absolute Gasteiger partial charge is 0.466 e. The number of likely N-dealkylation sites (N-methyl/N-ethyl adjacent to an activating group) is 1. The highest BCUT2D eigenvalue weighted by molar-refractivity contribution is 5.92. The maximum atomic E-state index is 12.3. The summed E-state index contributed by atoms with van der Waals surface area (Å²) in [7, 11) is 7.78. The molecule has 0 amide bonds. The monoisotopic (exact) mass is 502 g/mol. The molecule has 0 radical (unpaired) electrons. The van der Waals surface area contributed by atoms with E-state index in [1.54, 1.807) is 0 Å². The van der Waals surface area contributed by atoms with E-state index in [0.717, 1.165) is 38.5 Å². The molecule has 0 spiro atoms. The number of quaternary nitrogens is 1. The summed E-state index contributed by atoms with van der Waals surface area (Å²) in [5.74, 6) is -4.87. The van der Waals surface area contributed by atoms with Gasteiger partial charge >= 0.3 is 35.8 Å². The number of carbonyl (C=O) groups excluding carboxylic acids is 6. The van der Waals surface area contributed by atoms with Crippen molar-refractivity contribution < 1.29 is 61.7 Å². The molecular formula is C22H32NO12+. The van der Waals surface area contributed by atoms with Crippen LogP contribution >= 0.6 is 0 Å². The van der Waals surface area contributed by atoms with Gasteiger partial charge in [0.2, 0.25) is 0 Å². The lowest BCUT2D eigenvalue weighted by Gasteiger charge is -2.28. The second-order valence-corrected chi connectivity index (χ2v) is 7.99. The van der Waals surface area contributed by atoms with E-state index in [4.69, 9.17) is 18.9 Å². The molecule has 0 fully saturated rings. The van der Waals surface area contributed by atoms with Crippen molar-refractivity contribution in [3.63, 3.8) is 0 Å². The molecule has 0 saturated carbocycles. The highest BCUT2D eigenvalue weighted by atomic mass is 16.6. The first kappa shape index (κ1) is 31.3. The van der Waals surface area contributed by atoms with Crippen LogP contribution < -0.4 is 0 Å². The second kappa shape index (κ2) is 16.0. The first-order valence-electron chi connectivity index (χ1n) is 10.3. The first-order chi connectivity index (χ1) is 16.2. The normalized spacial score (nSPS) is 13.0. The Morgan fingerprint density at radius 3 is 1.66 bits per heavy atom. The highest BCUT2D eigenvalue weighted by Gasteiger charge is 2.26. The van der Waals surface area contributed by atoms with Crippen LogP contribution in [-0.2, 0) is 57.2 Å². The fourth-order valence-electron chi connectivity index (χ4n) is 2.37. The lowest BCUT2D eigenvalue weighted by atomic mass is 10.2. The van der Waals surface area contributed by atoms with Crippen LogP contribution in [0.1, 0.15) is 13.3 Å². The van der Waals surface area contributed by atoms with Crippen LogP contribution in [0.4, 0.5) is 0 Å². The number of hydrogen-bond donors (Lipinski definition) is 0.